The molecule has 0 bridgehead atoms. The molecule has 0 aliphatic carbocycles. The Morgan fingerprint density at radius 3 is 2.63 bits per heavy atom. The van der Waals surface area contributed by atoms with Crippen LogP contribution < -0.4 is 0 Å². The summed E-state index contributed by atoms with van der Waals surface area (Å²) in [6, 6.07) is 14.3. The standard InChI is InChI=1S/C15H15ClN2O/c16-15(18-8-10-19-11-9-18)17-14-7-3-5-12-4-1-2-6-13(12)14/h1-7H,8-11H2. The minimum absolute atomic E-state index is 0.541. The average Bonchev–Trinajstić information content (AvgIpc) is 2.48. The first kappa shape index (κ1) is 12.5. The number of ether oxygens (including phenoxy) is 1. The number of rotatable bonds is 1. The van der Waals surface area contributed by atoms with Gasteiger partial charge in [-0.15, -0.1) is 0 Å². The van der Waals surface area contributed by atoms with Gasteiger partial charge in [0.15, 0.2) is 5.29 Å². The molecule has 2 aromatic rings. The van der Waals surface area contributed by atoms with Crippen molar-refractivity contribution in [1.29, 1.82) is 0 Å². The Hall–Kier alpha value is -1.58. The quantitative estimate of drug-likeness (QED) is 0.452. The van der Waals surface area contributed by atoms with Gasteiger partial charge in [0.2, 0.25) is 0 Å². The highest BCUT2D eigenvalue weighted by molar-refractivity contribution is 6.64. The molecule has 0 radical (unpaired) electrons. The van der Waals surface area contributed by atoms with Crippen molar-refractivity contribution in [3.8, 4) is 0 Å². The predicted octanol–water partition coefficient (Wildman–Crippen LogP) is 3.40. The van der Waals surface area contributed by atoms with E-state index in [1.54, 1.807) is 0 Å². The number of morpholine rings is 1. The van der Waals surface area contributed by atoms with Gasteiger partial charge in [-0.2, -0.15) is 0 Å². The third kappa shape index (κ3) is 2.72. The molecule has 0 N–H and O–H groups in total. The molecule has 0 unspecified atom stereocenters. The van der Waals surface area contributed by atoms with E-state index in [4.69, 9.17) is 16.3 Å². The van der Waals surface area contributed by atoms with Crippen molar-refractivity contribution >= 4 is 33.4 Å². The number of aliphatic imine (C=N–C) groups is 1. The molecule has 2 aromatic carbocycles. The molecule has 4 heteroatoms. The molecule has 0 saturated carbocycles. The first-order chi connectivity index (χ1) is 9.34. The van der Waals surface area contributed by atoms with Crippen LogP contribution in [0.5, 0.6) is 0 Å². The van der Waals surface area contributed by atoms with E-state index in [1.165, 1.54) is 5.39 Å². The van der Waals surface area contributed by atoms with Crippen LogP contribution in [0.4, 0.5) is 5.69 Å². The topological polar surface area (TPSA) is 24.8 Å². The maximum Gasteiger partial charge on any atom is 0.199 e. The van der Waals surface area contributed by atoms with E-state index in [-0.39, 0.29) is 0 Å². The lowest BCUT2D eigenvalue weighted by Gasteiger charge is -2.26. The molecule has 3 nitrogen and oxygen atoms in total. The second-order valence-corrected chi connectivity index (χ2v) is 4.82. The Morgan fingerprint density at radius 1 is 1.05 bits per heavy atom. The van der Waals surface area contributed by atoms with Crippen molar-refractivity contribution in [2.24, 2.45) is 4.99 Å². The van der Waals surface area contributed by atoms with Crippen LogP contribution in [-0.2, 0) is 4.74 Å². The Balaban J connectivity index is 1.95. The van der Waals surface area contributed by atoms with Crippen LogP contribution in [0.15, 0.2) is 47.5 Å². The molecule has 3 rings (SSSR count). The zero-order valence-corrected chi connectivity index (χ0v) is 11.3. The molecule has 0 atom stereocenters. The molecule has 1 fully saturated rings. The molecule has 0 spiro atoms. The number of nitrogens with zero attached hydrogens (tertiary/aromatic N) is 2. The van der Waals surface area contributed by atoms with Crippen molar-refractivity contribution in [3.05, 3.63) is 42.5 Å². The maximum atomic E-state index is 6.31. The number of hydrogen-bond donors (Lipinski definition) is 0. The van der Waals surface area contributed by atoms with Gasteiger partial charge in [0.05, 0.1) is 18.9 Å². The smallest absolute Gasteiger partial charge is 0.199 e. The first-order valence-corrected chi connectivity index (χ1v) is 6.77. The zero-order valence-electron chi connectivity index (χ0n) is 10.6. The van der Waals surface area contributed by atoms with Crippen LogP contribution in [0, 0.1) is 0 Å². The summed E-state index contributed by atoms with van der Waals surface area (Å²) in [5.41, 5.74) is 0.912. The zero-order chi connectivity index (χ0) is 13.1. The van der Waals surface area contributed by atoms with Gasteiger partial charge in [0.25, 0.3) is 0 Å². The highest BCUT2D eigenvalue weighted by atomic mass is 35.5. The fraction of sp³-hybridized carbons (Fsp3) is 0.267. The number of amidine groups is 1. The third-order valence-electron chi connectivity index (χ3n) is 3.25. The van der Waals surface area contributed by atoms with Gasteiger partial charge in [0, 0.05) is 18.5 Å². The van der Waals surface area contributed by atoms with Gasteiger partial charge >= 0.3 is 0 Å². The fourth-order valence-corrected chi connectivity index (χ4v) is 2.48. The lowest BCUT2D eigenvalue weighted by atomic mass is 10.1. The minimum atomic E-state index is 0.541. The first-order valence-electron chi connectivity index (χ1n) is 6.39. The van der Waals surface area contributed by atoms with Crippen LogP contribution in [0.1, 0.15) is 0 Å². The maximum absolute atomic E-state index is 6.31. The summed E-state index contributed by atoms with van der Waals surface area (Å²) in [6.45, 7) is 3.02. The lowest BCUT2D eigenvalue weighted by molar-refractivity contribution is 0.0692. The Kier molecular flexibility index (Phi) is 3.67. The summed E-state index contributed by atoms with van der Waals surface area (Å²) in [5.74, 6) is 0. The molecule has 0 amide bonds. The van der Waals surface area contributed by atoms with Crippen LogP contribution in [0.25, 0.3) is 10.8 Å². The van der Waals surface area contributed by atoms with E-state index in [0.29, 0.717) is 18.5 Å². The number of hydrogen-bond acceptors (Lipinski definition) is 2. The molecular formula is C15H15ClN2O. The van der Waals surface area contributed by atoms with E-state index in [1.807, 2.05) is 29.2 Å². The van der Waals surface area contributed by atoms with Gasteiger partial charge in [-0.3, -0.25) is 0 Å². The normalized spacial score (nSPS) is 16.9. The van der Waals surface area contributed by atoms with Gasteiger partial charge in [-0.1, -0.05) is 36.4 Å². The molecule has 1 heterocycles. The van der Waals surface area contributed by atoms with E-state index in [0.717, 1.165) is 24.2 Å². The van der Waals surface area contributed by atoms with Crippen molar-refractivity contribution in [1.82, 2.24) is 4.90 Å². The molecule has 1 aliphatic heterocycles. The third-order valence-corrected chi connectivity index (χ3v) is 3.57. The highest BCUT2D eigenvalue weighted by Crippen LogP contribution is 2.26. The van der Waals surface area contributed by atoms with Crippen molar-refractivity contribution in [2.75, 3.05) is 26.3 Å². The summed E-state index contributed by atoms with van der Waals surface area (Å²) in [4.78, 5) is 6.61. The second kappa shape index (κ2) is 5.59. The number of halogens is 1. The molecule has 19 heavy (non-hydrogen) atoms. The number of fused-ring (bicyclic) bond motifs is 1. The molecule has 0 aromatic heterocycles. The van der Waals surface area contributed by atoms with Crippen molar-refractivity contribution < 1.29 is 4.74 Å². The second-order valence-electron chi connectivity index (χ2n) is 4.48. The van der Waals surface area contributed by atoms with Gasteiger partial charge in [-0.05, 0) is 23.1 Å². The van der Waals surface area contributed by atoms with Crippen LogP contribution in [0.3, 0.4) is 0 Å². The highest BCUT2D eigenvalue weighted by Gasteiger charge is 2.13. The SMILES string of the molecule is ClC(=Nc1cccc2ccccc12)N1CCOCC1. The van der Waals surface area contributed by atoms with Crippen molar-refractivity contribution in [3.63, 3.8) is 0 Å². The monoisotopic (exact) mass is 274 g/mol. The van der Waals surface area contributed by atoms with Gasteiger partial charge in [-0.25, -0.2) is 4.99 Å². The summed E-state index contributed by atoms with van der Waals surface area (Å²) in [6.07, 6.45) is 0. The fourth-order valence-electron chi connectivity index (χ4n) is 2.22. The minimum Gasteiger partial charge on any atom is -0.378 e. The van der Waals surface area contributed by atoms with E-state index in [9.17, 15) is 0 Å². The summed E-state index contributed by atoms with van der Waals surface area (Å²) >= 11 is 6.31. The van der Waals surface area contributed by atoms with Crippen molar-refractivity contribution in [2.45, 2.75) is 0 Å². The Morgan fingerprint density at radius 2 is 1.79 bits per heavy atom. The lowest BCUT2D eigenvalue weighted by Crippen LogP contribution is -2.38. The van der Waals surface area contributed by atoms with Crippen LogP contribution in [-0.4, -0.2) is 36.5 Å². The van der Waals surface area contributed by atoms with Crippen LogP contribution in [0.2, 0.25) is 0 Å². The van der Waals surface area contributed by atoms with Gasteiger partial charge in [0.1, 0.15) is 0 Å². The van der Waals surface area contributed by atoms with E-state index < -0.39 is 0 Å². The van der Waals surface area contributed by atoms with Gasteiger partial charge < -0.3 is 9.64 Å². The van der Waals surface area contributed by atoms with Crippen LogP contribution >= 0.6 is 11.6 Å². The molecular weight excluding hydrogens is 260 g/mol. The number of benzene rings is 2. The average molecular weight is 275 g/mol. The van der Waals surface area contributed by atoms with E-state index >= 15 is 0 Å². The summed E-state index contributed by atoms with van der Waals surface area (Å²) in [7, 11) is 0. The molecule has 1 saturated heterocycles. The predicted molar refractivity (Wildman–Crippen MR) is 79.3 cm³/mol. The Labute approximate surface area is 117 Å². The van der Waals surface area contributed by atoms with E-state index in [2.05, 4.69) is 23.2 Å². The summed E-state index contributed by atoms with van der Waals surface area (Å²) in [5, 5.41) is 2.84. The largest absolute Gasteiger partial charge is 0.378 e. The molecule has 98 valence electrons. The Bertz CT molecular complexity index is 601. The molecule has 1 aliphatic rings. The summed E-state index contributed by atoms with van der Waals surface area (Å²) < 4.78 is 5.32.